The molecule has 4 nitrogen and oxygen atoms in total. The number of methoxy groups -OCH3 is 1. The Morgan fingerprint density at radius 2 is 1.59 bits per heavy atom. The Hall–Kier alpha value is -3.63. The molecule has 0 N–H and O–H groups in total. The van der Waals surface area contributed by atoms with Crippen LogP contribution in [0.4, 0.5) is 0 Å². The van der Waals surface area contributed by atoms with E-state index in [1.807, 2.05) is 66.7 Å². The van der Waals surface area contributed by atoms with Gasteiger partial charge < -0.3 is 4.74 Å². The molecule has 4 heteroatoms. The molecule has 2 aromatic rings. The molecule has 2 atom stereocenters. The molecule has 0 radical (unpaired) electrons. The number of nitrogens with zero attached hydrogens (tertiary/aromatic N) is 2. The summed E-state index contributed by atoms with van der Waals surface area (Å²) in [7, 11) is 1.27. The zero-order valence-electron chi connectivity index (χ0n) is 14.9. The van der Waals surface area contributed by atoms with Crippen molar-refractivity contribution in [2.75, 3.05) is 7.11 Å². The van der Waals surface area contributed by atoms with Gasteiger partial charge in [-0.3, -0.25) is 0 Å². The first-order chi connectivity index (χ1) is 13.1. The smallest absolute Gasteiger partial charge is 0.333 e. The first-order valence-corrected chi connectivity index (χ1v) is 8.51. The molecule has 132 valence electrons. The molecule has 0 heterocycles. The zero-order valence-corrected chi connectivity index (χ0v) is 14.9. The standard InChI is InChI=1S/C23H18N2O2/c1-16(22(26)27-2)21-19(17-9-5-3-6-10-17)13-20(23(21,14-24)15-25)18-11-7-4-8-12-18/h3-13,19,21H,1H2,2H3/t19-,21-/m0/s1. The molecule has 0 aliphatic heterocycles. The first kappa shape index (κ1) is 18.2. The normalized spacial score (nSPS) is 20.0. The first-order valence-electron chi connectivity index (χ1n) is 8.51. The van der Waals surface area contributed by atoms with E-state index in [9.17, 15) is 15.3 Å². The summed E-state index contributed by atoms with van der Waals surface area (Å²) in [4.78, 5) is 12.3. The predicted octanol–water partition coefficient (Wildman–Crippen LogP) is 4.25. The fraction of sp³-hybridized carbons (Fsp3) is 0.174. The third-order valence-corrected chi connectivity index (χ3v) is 5.04. The highest BCUT2D eigenvalue weighted by Crippen LogP contribution is 2.56. The minimum Gasteiger partial charge on any atom is -0.466 e. The van der Waals surface area contributed by atoms with E-state index in [-0.39, 0.29) is 11.5 Å². The maximum Gasteiger partial charge on any atom is 0.333 e. The van der Waals surface area contributed by atoms with Crippen LogP contribution in [0, 0.1) is 34.0 Å². The summed E-state index contributed by atoms with van der Waals surface area (Å²) in [6, 6.07) is 23.2. The van der Waals surface area contributed by atoms with E-state index >= 15 is 0 Å². The monoisotopic (exact) mass is 354 g/mol. The fourth-order valence-electron chi connectivity index (χ4n) is 3.77. The van der Waals surface area contributed by atoms with Gasteiger partial charge in [-0.25, -0.2) is 4.79 Å². The highest BCUT2D eigenvalue weighted by Gasteiger charge is 2.54. The summed E-state index contributed by atoms with van der Waals surface area (Å²) in [5.41, 5.74) is 0.872. The molecule has 0 saturated heterocycles. The SMILES string of the molecule is C=C(C(=O)OC)[C@H]1[C@H](c2ccccc2)C=C(c2ccccc2)C1(C#N)C#N. The lowest BCUT2D eigenvalue weighted by molar-refractivity contribution is -0.136. The summed E-state index contributed by atoms with van der Waals surface area (Å²) in [6.45, 7) is 3.89. The summed E-state index contributed by atoms with van der Waals surface area (Å²) >= 11 is 0. The Morgan fingerprint density at radius 3 is 2.11 bits per heavy atom. The Kier molecular flexibility index (Phi) is 4.92. The number of rotatable bonds is 4. The van der Waals surface area contributed by atoms with Crippen LogP contribution in [0.3, 0.4) is 0 Å². The average molecular weight is 354 g/mol. The topological polar surface area (TPSA) is 73.9 Å². The van der Waals surface area contributed by atoms with Gasteiger partial charge in [0.2, 0.25) is 0 Å². The highest BCUT2D eigenvalue weighted by molar-refractivity contribution is 5.92. The molecule has 3 rings (SSSR count). The molecule has 0 bridgehead atoms. The molecule has 27 heavy (non-hydrogen) atoms. The number of benzene rings is 2. The summed E-state index contributed by atoms with van der Waals surface area (Å²) in [5.74, 6) is -1.69. The van der Waals surface area contributed by atoms with Gasteiger partial charge >= 0.3 is 5.97 Å². The van der Waals surface area contributed by atoms with Crippen LogP contribution >= 0.6 is 0 Å². The van der Waals surface area contributed by atoms with Gasteiger partial charge in [0.1, 0.15) is 0 Å². The number of allylic oxidation sites excluding steroid dienone is 2. The van der Waals surface area contributed by atoms with Gasteiger partial charge in [-0.2, -0.15) is 10.5 Å². The van der Waals surface area contributed by atoms with Crippen LogP contribution in [-0.2, 0) is 9.53 Å². The Balaban J connectivity index is 2.25. The van der Waals surface area contributed by atoms with Gasteiger partial charge in [-0.1, -0.05) is 73.3 Å². The lowest BCUT2D eigenvalue weighted by atomic mass is 9.68. The largest absolute Gasteiger partial charge is 0.466 e. The second kappa shape index (κ2) is 7.32. The van der Waals surface area contributed by atoms with Crippen molar-refractivity contribution in [2.24, 2.45) is 11.3 Å². The van der Waals surface area contributed by atoms with Gasteiger partial charge in [0.25, 0.3) is 0 Å². The van der Waals surface area contributed by atoms with Crippen molar-refractivity contribution < 1.29 is 9.53 Å². The van der Waals surface area contributed by atoms with Gasteiger partial charge in [0.15, 0.2) is 5.41 Å². The molecule has 0 aromatic heterocycles. The highest BCUT2D eigenvalue weighted by atomic mass is 16.5. The zero-order chi connectivity index (χ0) is 19.4. The van der Waals surface area contributed by atoms with Crippen LogP contribution < -0.4 is 0 Å². The number of carbonyl (C=O) groups is 1. The number of carbonyl (C=O) groups excluding carboxylic acids is 1. The van der Waals surface area contributed by atoms with Gasteiger partial charge in [-0.05, 0) is 16.7 Å². The van der Waals surface area contributed by atoms with Crippen LogP contribution in [0.2, 0.25) is 0 Å². The number of hydrogen-bond donors (Lipinski definition) is 0. The maximum atomic E-state index is 12.3. The van der Waals surface area contributed by atoms with Gasteiger partial charge in [0, 0.05) is 17.4 Å². The second-order valence-electron chi connectivity index (χ2n) is 6.41. The van der Waals surface area contributed by atoms with E-state index in [2.05, 4.69) is 18.7 Å². The van der Waals surface area contributed by atoms with Crippen LogP contribution in [0.15, 0.2) is 78.9 Å². The molecule has 0 saturated carbocycles. The van der Waals surface area contributed by atoms with E-state index in [0.29, 0.717) is 5.57 Å². The third-order valence-electron chi connectivity index (χ3n) is 5.04. The van der Waals surface area contributed by atoms with Crippen LogP contribution in [0.1, 0.15) is 17.0 Å². The number of hydrogen-bond acceptors (Lipinski definition) is 4. The summed E-state index contributed by atoms with van der Waals surface area (Å²) in [6.07, 6.45) is 1.91. The molecule has 1 aliphatic carbocycles. The van der Waals surface area contributed by atoms with Crippen molar-refractivity contribution in [3.8, 4) is 12.1 Å². The lowest BCUT2D eigenvalue weighted by Crippen LogP contribution is -2.32. The summed E-state index contributed by atoms with van der Waals surface area (Å²) in [5, 5.41) is 20.2. The average Bonchev–Trinajstić information content (AvgIpc) is 3.09. The Morgan fingerprint density at radius 1 is 1.04 bits per heavy atom. The molecule has 2 aromatic carbocycles. The van der Waals surface area contributed by atoms with Crippen LogP contribution in [0.5, 0.6) is 0 Å². The maximum absolute atomic E-state index is 12.3. The van der Waals surface area contributed by atoms with Crippen molar-refractivity contribution >= 4 is 11.5 Å². The third kappa shape index (κ3) is 2.92. The number of nitriles is 2. The second-order valence-corrected chi connectivity index (χ2v) is 6.41. The van der Waals surface area contributed by atoms with Crippen molar-refractivity contribution in [3.05, 3.63) is 90.0 Å². The van der Waals surface area contributed by atoms with Crippen molar-refractivity contribution in [1.82, 2.24) is 0 Å². The van der Waals surface area contributed by atoms with Gasteiger partial charge in [-0.15, -0.1) is 0 Å². The summed E-state index contributed by atoms with van der Waals surface area (Å²) < 4.78 is 4.85. The predicted molar refractivity (Wildman–Crippen MR) is 102 cm³/mol. The van der Waals surface area contributed by atoms with E-state index in [1.165, 1.54) is 7.11 Å². The molecular formula is C23H18N2O2. The van der Waals surface area contributed by atoms with Crippen molar-refractivity contribution in [3.63, 3.8) is 0 Å². The number of esters is 1. The molecule has 0 spiro atoms. The Labute approximate surface area is 158 Å². The minimum absolute atomic E-state index is 0.122. The van der Waals surface area contributed by atoms with E-state index in [1.54, 1.807) is 0 Å². The van der Waals surface area contributed by atoms with E-state index < -0.39 is 17.3 Å². The van der Waals surface area contributed by atoms with E-state index in [0.717, 1.165) is 11.1 Å². The minimum atomic E-state index is -1.53. The number of ether oxygens (including phenoxy) is 1. The van der Waals surface area contributed by atoms with Crippen molar-refractivity contribution in [2.45, 2.75) is 5.92 Å². The fourth-order valence-corrected chi connectivity index (χ4v) is 3.77. The van der Waals surface area contributed by atoms with Crippen LogP contribution in [0.25, 0.3) is 5.57 Å². The molecule has 0 fully saturated rings. The van der Waals surface area contributed by atoms with Crippen molar-refractivity contribution in [1.29, 1.82) is 10.5 Å². The Bertz CT molecular complexity index is 965. The van der Waals surface area contributed by atoms with E-state index in [4.69, 9.17) is 4.74 Å². The molecule has 1 aliphatic rings. The molecule has 0 unspecified atom stereocenters. The van der Waals surface area contributed by atoms with Crippen LogP contribution in [-0.4, -0.2) is 13.1 Å². The quantitative estimate of drug-likeness (QED) is 0.608. The molecular weight excluding hydrogens is 336 g/mol. The lowest BCUT2D eigenvalue weighted by Gasteiger charge is -2.29. The molecule has 0 amide bonds. The van der Waals surface area contributed by atoms with Gasteiger partial charge in [0.05, 0.1) is 19.2 Å².